The first-order valence-electron chi connectivity index (χ1n) is 6.28. The highest BCUT2D eigenvalue weighted by molar-refractivity contribution is 9.10. The summed E-state index contributed by atoms with van der Waals surface area (Å²) in [6, 6.07) is 7.68. The van der Waals surface area contributed by atoms with Crippen molar-refractivity contribution in [2.75, 3.05) is 0 Å². The zero-order valence-electron chi connectivity index (χ0n) is 11.6. The molecular formula is C14H16BrN3OS. The van der Waals surface area contributed by atoms with Crippen LogP contribution in [0.1, 0.15) is 35.3 Å². The molecule has 6 heteroatoms. The summed E-state index contributed by atoms with van der Waals surface area (Å²) in [7, 11) is 1.94. The number of nitrogens with zero attached hydrogens (tertiary/aromatic N) is 3. The van der Waals surface area contributed by atoms with Gasteiger partial charge in [-0.1, -0.05) is 28.1 Å². The van der Waals surface area contributed by atoms with Crippen LogP contribution in [-0.2, 0) is 7.05 Å². The second kappa shape index (κ2) is 6.54. The maximum absolute atomic E-state index is 11.8. The van der Waals surface area contributed by atoms with Crippen LogP contribution < -0.4 is 0 Å². The predicted molar refractivity (Wildman–Crippen MR) is 84.4 cm³/mol. The molecule has 0 saturated heterocycles. The molecule has 0 aliphatic carbocycles. The van der Waals surface area contributed by atoms with Crippen molar-refractivity contribution in [2.45, 2.75) is 28.8 Å². The first-order valence-corrected chi connectivity index (χ1v) is 8.07. The monoisotopic (exact) mass is 353 g/mol. The van der Waals surface area contributed by atoms with E-state index < -0.39 is 0 Å². The molecule has 0 bridgehead atoms. The third-order valence-electron chi connectivity index (χ3n) is 2.92. The van der Waals surface area contributed by atoms with Gasteiger partial charge in [0.25, 0.3) is 0 Å². The molecule has 1 aromatic heterocycles. The molecule has 2 unspecified atom stereocenters. The van der Waals surface area contributed by atoms with Crippen LogP contribution in [0, 0.1) is 0 Å². The first-order chi connectivity index (χ1) is 9.49. The first kappa shape index (κ1) is 15.3. The standard InChI is InChI=1S/C14H16BrN3OS/c1-9(15)13(19)11-4-6-12(7-5-11)20-10(2)14-17-16-8-18(14)3/h4-10H,1-3H3. The number of carbonyl (C=O) groups excluding carboxylic acids is 1. The number of carbonyl (C=O) groups is 1. The minimum Gasteiger partial charge on any atom is -0.320 e. The molecule has 2 rings (SSSR count). The number of hydrogen-bond donors (Lipinski definition) is 0. The Hall–Kier alpha value is -1.14. The summed E-state index contributed by atoms with van der Waals surface area (Å²) in [6.07, 6.45) is 1.70. The minimum atomic E-state index is -0.154. The van der Waals surface area contributed by atoms with Gasteiger partial charge in [0.1, 0.15) is 12.2 Å². The highest BCUT2D eigenvalue weighted by atomic mass is 79.9. The smallest absolute Gasteiger partial charge is 0.176 e. The molecule has 106 valence electrons. The number of alkyl halides is 1. The zero-order chi connectivity index (χ0) is 14.7. The van der Waals surface area contributed by atoms with Gasteiger partial charge in [-0.3, -0.25) is 4.79 Å². The average Bonchev–Trinajstić information content (AvgIpc) is 2.85. The Labute approximate surface area is 131 Å². The summed E-state index contributed by atoms with van der Waals surface area (Å²) in [5.41, 5.74) is 0.727. The van der Waals surface area contributed by atoms with E-state index in [1.54, 1.807) is 18.1 Å². The Balaban J connectivity index is 2.08. The molecule has 4 nitrogen and oxygen atoms in total. The van der Waals surface area contributed by atoms with Crippen molar-refractivity contribution >= 4 is 33.5 Å². The van der Waals surface area contributed by atoms with Gasteiger partial charge in [0.05, 0.1) is 10.1 Å². The van der Waals surface area contributed by atoms with E-state index in [2.05, 4.69) is 33.1 Å². The highest BCUT2D eigenvalue weighted by Gasteiger charge is 2.14. The van der Waals surface area contributed by atoms with Crippen molar-refractivity contribution in [3.63, 3.8) is 0 Å². The molecule has 2 atom stereocenters. The number of halogens is 1. The number of aryl methyl sites for hydroxylation is 1. The molecule has 0 radical (unpaired) electrons. The number of hydrogen-bond acceptors (Lipinski definition) is 4. The Kier molecular flexibility index (Phi) is 4.99. The Morgan fingerprint density at radius 2 is 1.95 bits per heavy atom. The van der Waals surface area contributed by atoms with Crippen LogP contribution in [0.4, 0.5) is 0 Å². The normalized spacial score (nSPS) is 14.0. The van der Waals surface area contributed by atoms with Gasteiger partial charge in [-0.05, 0) is 26.0 Å². The van der Waals surface area contributed by atoms with Crippen LogP contribution in [0.3, 0.4) is 0 Å². The molecule has 0 aliphatic rings. The number of Topliss-reactive ketones (excluding diaryl/α,β-unsaturated/α-hetero) is 1. The Bertz CT molecular complexity index is 595. The average molecular weight is 354 g/mol. The molecule has 0 aliphatic heterocycles. The second-order valence-electron chi connectivity index (χ2n) is 4.56. The number of ketones is 1. The van der Waals surface area contributed by atoms with E-state index in [0.717, 1.165) is 16.3 Å². The van der Waals surface area contributed by atoms with Crippen LogP contribution in [-0.4, -0.2) is 25.4 Å². The van der Waals surface area contributed by atoms with E-state index in [-0.39, 0.29) is 15.9 Å². The molecule has 20 heavy (non-hydrogen) atoms. The van der Waals surface area contributed by atoms with E-state index in [1.165, 1.54) is 0 Å². The van der Waals surface area contributed by atoms with Crippen molar-refractivity contribution in [1.29, 1.82) is 0 Å². The summed E-state index contributed by atoms with van der Waals surface area (Å²) < 4.78 is 1.92. The van der Waals surface area contributed by atoms with E-state index in [4.69, 9.17) is 0 Å². The fourth-order valence-corrected chi connectivity index (χ4v) is 3.13. The summed E-state index contributed by atoms with van der Waals surface area (Å²) in [5, 5.41) is 8.21. The van der Waals surface area contributed by atoms with Gasteiger partial charge in [-0.2, -0.15) is 0 Å². The largest absolute Gasteiger partial charge is 0.320 e. The lowest BCUT2D eigenvalue weighted by molar-refractivity contribution is 0.0996. The van der Waals surface area contributed by atoms with Gasteiger partial charge in [0.2, 0.25) is 0 Å². The van der Waals surface area contributed by atoms with Gasteiger partial charge >= 0.3 is 0 Å². The fraction of sp³-hybridized carbons (Fsp3) is 0.357. The number of thioether (sulfide) groups is 1. The summed E-state index contributed by atoms with van der Waals surface area (Å²) in [5.74, 6) is 1.03. The van der Waals surface area contributed by atoms with E-state index in [0.29, 0.717) is 0 Å². The van der Waals surface area contributed by atoms with Gasteiger partial charge < -0.3 is 4.57 Å². The third kappa shape index (κ3) is 3.49. The van der Waals surface area contributed by atoms with E-state index in [9.17, 15) is 4.79 Å². The molecule has 0 spiro atoms. The molecule has 2 aromatic rings. The number of aromatic nitrogens is 3. The van der Waals surface area contributed by atoms with Crippen LogP contribution >= 0.6 is 27.7 Å². The van der Waals surface area contributed by atoms with Crippen LogP contribution in [0.15, 0.2) is 35.5 Å². The van der Waals surface area contributed by atoms with Crippen molar-refractivity contribution in [2.24, 2.45) is 7.05 Å². The topological polar surface area (TPSA) is 47.8 Å². The Morgan fingerprint density at radius 1 is 1.30 bits per heavy atom. The maximum Gasteiger partial charge on any atom is 0.176 e. The molecule has 0 fully saturated rings. The quantitative estimate of drug-likeness (QED) is 0.467. The van der Waals surface area contributed by atoms with Crippen LogP contribution in [0.5, 0.6) is 0 Å². The molecule has 1 aromatic carbocycles. The molecule has 1 heterocycles. The zero-order valence-corrected chi connectivity index (χ0v) is 14.0. The second-order valence-corrected chi connectivity index (χ2v) is 7.35. The number of benzene rings is 1. The molecule has 0 N–H and O–H groups in total. The van der Waals surface area contributed by atoms with Gasteiger partial charge in [0, 0.05) is 17.5 Å². The number of rotatable bonds is 5. The fourth-order valence-electron chi connectivity index (χ4n) is 1.84. The highest BCUT2D eigenvalue weighted by Crippen LogP contribution is 2.33. The SMILES string of the molecule is CC(Br)C(=O)c1ccc(SC(C)c2nncn2C)cc1. The van der Waals surface area contributed by atoms with Crippen molar-refractivity contribution in [1.82, 2.24) is 14.8 Å². The van der Waals surface area contributed by atoms with Gasteiger partial charge in [-0.15, -0.1) is 22.0 Å². The Morgan fingerprint density at radius 3 is 2.45 bits per heavy atom. The summed E-state index contributed by atoms with van der Waals surface area (Å²) in [6.45, 7) is 3.93. The van der Waals surface area contributed by atoms with E-state index in [1.807, 2.05) is 42.8 Å². The third-order valence-corrected chi connectivity index (χ3v) is 4.45. The lowest BCUT2D eigenvalue weighted by Gasteiger charge is -2.10. The maximum atomic E-state index is 11.8. The lowest BCUT2D eigenvalue weighted by Crippen LogP contribution is -2.09. The predicted octanol–water partition coefficient (Wildman–Crippen LogP) is 3.63. The summed E-state index contributed by atoms with van der Waals surface area (Å²) in [4.78, 5) is 12.8. The van der Waals surface area contributed by atoms with Crippen molar-refractivity contribution in [3.8, 4) is 0 Å². The minimum absolute atomic E-state index is 0.0999. The van der Waals surface area contributed by atoms with Gasteiger partial charge in [0.15, 0.2) is 5.78 Å². The van der Waals surface area contributed by atoms with Crippen molar-refractivity contribution in [3.05, 3.63) is 42.0 Å². The lowest BCUT2D eigenvalue weighted by atomic mass is 10.1. The van der Waals surface area contributed by atoms with Crippen LogP contribution in [0.2, 0.25) is 0 Å². The molecule has 0 saturated carbocycles. The van der Waals surface area contributed by atoms with Crippen molar-refractivity contribution < 1.29 is 4.79 Å². The summed E-state index contributed by atoms with van der Waals surface area (Å²) >= 11 is 4.99. The van der Waals surface area contributed by atoms with Gasteiger partial charge in [-0.25, -0.2) is 0 Å². The molecule has 0 amide bonds. The van der Waals surface area contributed by atoms with Crippen LogP contribution in [0.25, 0.3) is 0 Å². The van der Waals surface area contributed by atoms with E-state index >= 15 is 0 Å². The molecular weight excluding hydrogens is 338 g/mol.